The number of amides is 2. The summed E-state index contributed by atoms with van der Waals surface area (Å²) in [6.07, 6.45) is 3.38. The first-order valence-electron chi connectivity index (χ1n) is 10.4. The number of carbonyl (C=O) groups excluding carboxylic acids is 1. The zero-order valence-electron chi connectivity index (χ0n) is 17.3. The van der Waals surface area contributed by atoms with Gasteiger partial charge >= 0.3 is 6.03 Å². The summed E-state index contributed by atoms with van der Waals surface area (Å²) in [5.41, 5.74) is 2.39. The fourth-order valence-electron chi connectivity index (χ4n) is 3.63. The third-order valence-electron chi connectivity index (χ3n) is 5.55. The number of likely N-dealkylation sites (tertiary alicyclic amines) is 1. The summed E-state index contributed by atoms with van der Waals surface area (Å²) in [6, 6.07) is 12.5. The smallest absolute Gasteiger partial charge is 0.320 e. The molecule has 1 aliphatic heterocycles. The van der Waals surface area contributed by atoms with E-state index in [0.29, 0.717) is 11.8 Å². The van der Waals surface area contributed by atoms with Gasteiger partial charge in [0.1, 0.15) is 5.82 Å². The van der Waals surface area contributed by atoms with Crippen LogP contribution in [0.25, 0.3) is 0 Å². The SMILES string of the molecule is CC(C)c1cc(NC(=O)NCC2CCN(CCc3ccccc3)CC2)n(C)n1. The number of aromatic nitrogens is 2. The molecule has 2 aromatic rings. The van der Waals surface area contributed by atoms with E-state index in [2.05, 4.69) is 64.8 Å². The molecule has 2 N–H and O–H groups in total. The fourth-order valence-corrected chi connectivity index (χ4v) is 3.63. The molecule has 6 nitrogen and oxygen atoms in total. The Labute approximate surface area is 168 Å². The van der Waals surface area contributed by atoms with Crippen LogP contribution in [0.15, 0.2) is 36.4 Å². The molecule has 0 atom stereocenters. The van der Waals surface area contributed by atoms with Crippen molar-refractivity contribution < 1.29 is 4.79 Å². The highest BCUT2D eigenvalue weighted by Crippen LogP contribution is 2.18. The zero-order valence-corrected chi connectivity index (χ0v) is 17.3. The molecule has 28 heavy (non-hydrogen) atoms. The van der Waals surface area contributed by atoms with Crippen molar-refractivity contribution in [2.45, 2.75) is 39.0 Å². The second-order valence-electron chi connectivity index (χ2n) is 8.09. The first-order valence-corrected chi connectivity index (χ1v) is 10.4. The highest BCUT2D eigenvalue weighted by Gasteiger charge is 2.20. The van der Waals surface area contributed by atoms with Crippen LogP contribution in [-0.2, 0) is 13.5 Å². The first kappa shape index (κ1) is 20.4. The molecule has 0 saturated carbocycles. The van der Waals surface area contributed by atoms with Crippen molar-refractivity contribution in [3.63, 3.8) is 0 Å². The van der Waals surface area contributed by atoms with Crippen LogP contribution in [-0.4, -0.2) is 46.9 Å². The van der Waals surface area contributed by atoms with E-state index in [1.54, 1.807) is 4.68 Å². The molecule has 2 heterocycles. The minimum Gasteiger partial charge on any atom is -0.338 e. The number of hydrogen-bond donors (Lipinski definition) is 2. The topological polar surface area (TPSA) is 62.2 Å². The molecule has 1 fully saturated rings. The van der Waals surface area contributed by atoms with Gasteiger partial charge < -0.3 is 10.2 Å². The maximum absolute atomic E-state index is 12.2. The van der Waals surface area contributed by atoms with Crippen LogP contribution in [0.3, 0.4) is 0 Å². The molecule has 0 spiro atoms. The lowest BCUT2D eigenvalue weighted by Gasteiger charge is -2.32. The molecular formula is C22H33N5O. The van der Waals surface area contributed by atoms with Crippen LogP contribution >= 0.6 is 0 Å². The Hall–Kier alpha value is -2.34. The Bertz CT molecular complexity index is 748. The lowest BCUT2D eigenvalue weighted by molar-refractivity contribution is 0.184. The Morgan fingerprint density at radius 1 is 1.21 bits per heavy atom. The van der Waals surface area contributed by atoms with Gasteiger partial charge in [-0.25, -0.2) is 4.79 Å². The van der Waals surface area contributed by atoms with Crippen LogP contribution in [0.5, 0.6) is 0 Å². The lowest BCUT2D eigenvalue weighted by Crippen LogP contribution is -2.40. The molecule has 0 aliphatic carbocycles. The summed E-state index contributed by atoms with van der Waals surface area (Å²) in [5, 5.41) is 10.4. The molecule has 1 aromatic carbocycles. The highest BCUT2D eigenvalue weighted by atomic mass is 16.2. The monoisotopic (exact) mass is 383 g/mol. The van der Waals surface area contributed by atoms with Gasteiger partial charge in [0.2, 0.25) is 0 Å². The normalized spacial score (nSPS) is 15.7. The third-order valence-corrected chi connectivity index (χ3v) is 5.55. The van der Waals surface area contributed by atoms with E-state index >= 15 is 0 Å². The van der Waals surface area contributed by atoms with Crippen molar-refractivity contribution in [1.29, 1.82) is 0 Å². The number of carbonyl (C=O) groups is 1. The van der Waals surface area contributed by atoms with Crippen LogP contribution < -0.4 is 10.6 Å². The molecule has 1 aromatic heterocycles. The molecule has 152 valence electrons. The van der Waals surface area contributed by atoms with Gasteiger partial charge in [-0.3, -0.25) is 10.00 Å². The summed E-state index contributed by atoms with van der Waals surface area (Å²) < 4.78 is 1.72. The average molecular weight is 384 g/mol. The second-order valence-corrected chi connectivity index (χ2v) is 8.09. The van der Waals surface area contributed by atoms with Crippen LogP contribution in [0.2, 0.25) is 0 Å². The average Bonchev–Trinajstić information content (AvgIpc) is 3.07. The maximum atomic E-state index is 12.2. The number of urea groups is 1. The molecule has 6 heteroatoms. The standard InChI is InChI=1S/C22H33N5O/c1-17(2)20-15-21(26(3)25-20)24-22(28)23-16-19-10-13-27(14-11-19)12-9-18-7-5-4-6-8-18/h4-8,15,17,19H,9-14,16H2,1-3H3,(H2,23,24,28). The number of benzene rings is 1. The summed E-state index contributed by atoms with van der Waals surface area (Å²) in [7, 11) is 1.85. The lowest BCUT2D eigenvalue weighted by atomic mass is 9.96. The number of nitrogens with zero attached hydrogens (tertiary/aromatic N) is 3. The van der Waals surface area contributed by atoms with Gasteiger partial charge in [0.25, 0.3) is 0 Å². The van der Waals surface area contributed by atoms with Crippen LogP contribution in [0.4, 0.5) is 10.6 Å². The predicted octanol–water partition coefficient (Wildman–Crippen LogP) is 3.62. The molecule has 0 radical (unpaired) electrons. The Kier molecular flexibility index (Phi) is 7.09. The molecule has 3 rings (SSSR count). The number of aryl methyl sites for hydroxylation is 1. The number of rotatable bonds is 7. The van der Waals surface area contributed by atoms with E-state index in [4.69, 9.17) is 0 Å². The summed E-state index contributed by atoms with van der Waals surface area (Å²) >= 11 is 0. The first-order chi connectivity index (χ1) is 13.5. The summed E-state index contributed by atoms with van der Waals surface area (Å²) in [6.45, 7) is 8.26. The third kappa shape index (κ3) is 5.83. The number of nitrogens with one attached hydrogen (secondary N) is 2. The largest absolute Gasteiger partial charge is 0.338 e. The van der Waals surface area contributed by atoms with Gasteiger partial charge in [-0.15, -0.1) is 0 Å². The van der Waals surface area contributed by atoms with E-state index < -0.39 is 0 Å². The van der Waals surface area contributed by atoms with Crippen LogP contribution in [0, 0.1) is 5.92 Å². The number of anilines is 1. The van der Waals surface area contributed by atoms with Crippen molar-refractivity contribution >= 4 is 11.8 Å². The Morgan fingerprint density at radius 2 is 1.93 bits per heavy atom. The van der Waals surface area contributed by atoms with Gasteiger partial charge in [0.05, 0.1) is 5.69 Å². The predicted molar refractivity (Wildman–Crippen MR) is 114 cm³/mol. The molecular weight excluding hydrogens is 350 g/mol. The van der Waals surface area contributed by atoms with E-state index in [9.17, 15) is 4.79 Å². The maximum Gasteiger partial charge on any atom is 0.320 e. The van der Waals surface area contributed by atoms with Crippen molar-refractivity contribution in [3.05, 3.63) is 47.7 Å². The molecule has 2 amide bonds. The van der Waals surface area contributed by atoms with Gasteiger partial charge in [-0.2, -0.15) is 5.10 Å². The molecule has 0 bridgehead atoms. The van der Waals surface area contributed by atoms with Gasteiger partial charge in [0, 0.05) is 26.2 Å². The zero-order chi connectivity index (χ0) is 19.9. The van der Waals surface area contributed by atoms with Gasteiger partial charge in [-0.05, 0) is 49.8 Å². The Balaban J connectivity index is 1.35. The molecule has 0 unspecified atom stereocenters. The Morgan fingerprint density at radius 3 is 2.57 bits per heavy atom. The minimum absolute atomic E-state index is 0.148. The van der Waals surface area contributed by atoms with Gasteiger partial charge in [0.15, 0.2) is 0 Å². The quantitative estimate of drug-likeness (QED) is 0.768. The number of piperidine rings is 1. The molecule has 1 saturated heterocycles. The van der Waals surface area contributed by atoms with Crippen molar-refractivity contribution in [1.82, 2.24) is 20.0 Å². The highest BCUT2D eigenvalue weighted by molar-refractivity contribution is 5.88. The van der Waals surface area contributed by atoms with E-state index in [1.807, 2.05) is 13.1 Å². The van der Waals surface area contributed by atoms with E-state index in [1.165, 1.54) is 5.56 Å². The summed E-state index contributed by atoms with van der Waals surface area (Å²) in [5.74, 6) is 1.63. The van der Waals surface area contributed by atoms with E-state index in [0.717, 1.165) is 57.0 Å². The molecule has 1 aliphatic rings. The van der Waals surface area contributed by atoms with Crippen molar-refractivity contribution in [2.24, 2.45) is 13.0 Å². The van der Waals surface area contributed by atoms with Gasteiger partial charge in [-0.1, -0.05) is 44.2 Å². The van der Waals surface area contributed by atoms with Crippen molar-refractivity contribution in [3.8, 4) is 0 Å². The summed E-state index contributed by atoms with van der Waals surface area (Å²) in [4.78, 5) is 14.8. The second kappa shape index (κ2) is 9.73. The van der Waals surface area contributed by atoms with E-state index in [-0.39, 0.29) is 6.03 Å². The number of hydrogen-bond acceptors (Lipinski definition) is 3. The van der Waals surface area contributed by atoms with Crippen molar-refractivity contribution in [2.75, 3.05) is 31.5 Å². The fraction of sp³-hybridized carbons (Fsp3) is 0.545. The minimum atomic E-state index is -0.148. The van der Waals surface area contributed by atoms with Crippen LogP contribution in [0.1, 0.15) is 43.9 Å².